The second kappa shape index (κ2) is 5.37. The van der Waals surface area contributed by atoms with Gasteiger partial charge in [-0.1, -0.05) is 0 Å². The Kier molecular flexibility index (Phi) is 5.56. The number of hydrogen-bond donors (Lipinski definition) is 1. The fraction of sp³-hybridized carbons (Fsp3) is 1.00. The Morgan fingerprint density at radius 2 is 1.62 bits per heavy atom. The van der Waals surface area contributed by atoms with Crippen molar-refractivity contribution in [1.82, 2.24) is 4.90 Å². The highest BCUT2D eigenvalue weighted by Gasteiger charge is 2.34. The van der Waals surface area contributed by atoms with E-state index >= 15 is 0 Å². The molecule has 2 aliphatic heterocycles. The number of fused-ring (bicyclic) bond motifs is 2. The van der Waals surface area contributed by atoms with Crippen LogP contribution in [0.1, 0.15) is 12.8 Å². The lowest BCUT2D eigenvalue weighted by molar-refractivity contribution is -0.0644. The van der Waals surface area contributed by atoms with Crippen LogP contribution in [-0.4, -0.2) is 43.3 Å². The van der Waals surface area contributed by atoms with Crippen LogP contribution in [0.5, 0.6) is 0 Å². The monoisotopic (exact) mass is 228 g/mol. The summed E-state index contributed by atoms with van der Waals surface area (Å²) in [5, 5.41) is 0. The van der Waals surface area contributed by atoms with Gasteiger partial charge in [0.1, 0.15) is 0 Å². The van der Waals surface area contributed by atoms with E-state index in [4.69, 9.17) is 10.5 Å². The van der Waals surface area contributed by atoms with Gasteiger partial charge in [-0.3, -0.25) is 4.90 Å². The van der Waals surface area contributed by atoms with E-state index in [0.29, 0.717) is 18.1 Å². The molecule has 0 aromatic rings. The summed E-state index contributed by atoms with van der Waals surface area (Å²) in [7, 11) is 2.18. The summed E-state index contributed by atoms with van der Waals surface area (Å²) in [6.07, 6.45) is 2.21. The number of likely N-dealkylation sites (N-methyl/N-ethyl adjacent to an activating group) is 1. The van der Waals surface area contributed by atoms with Gasteiger partial charge >= 0.3 is 0 Å². The number of halogens is 2. The molecule has 2 aliphatic rings. The molecule has 2 fully saturated rings. The van der Waals surface area contributed by atoms with Crippen molar-refractivity contribution in [3.05, 3.63) is 0 Å². The molecule has 3 nitrogen and oxygen atoms in total. The van der Waals surface area contributed by atoms with Gasteiger partial charge < -0.3 is 10.5 Å². The van der Waals surface area contributed by atoms with Crippen molar-refractivity contribution in [2.24, 2.45) is 5.73 Å². The SMILES string of the molecule is CN1[C@H]2COC[C@H]1CC(N)C2.Cl.Cl. The number of ether oxygens (including phenoxy) is 1. The van der Waals surface area contributed by atoms with Crippen LogP contribution in [0.2, 0.25) is 0 Å². The first-order valence-corrected chi connectivity index (χ1v) is 4.32. The Bertz CT molecular complexity index is 145. The lowest BCUT2D eigenvalue weighted by Crippen LogP contribution is -2.57. The molecular weight excluding hydrogens is 211 g/mol. The first-order chi connectivity index (χ1) is 5.27. The summed E-state index contributed by atoms with van der Waals surface area (Å²) >= 11 is 0. The fourth-order valence-corrected chi connectivity index (χ4v) is 2.14. The van der Waals surface area contributed by atoms with Gasteiger partial charge in [-0.25, -0.2) is 0 Å². The first-order valence-electron chi connectivity index (χ1n) is 4.32. The van der Waals surface area contributed by atoms with Crippen LogP contribution in [0, 0.1) is 0 Å². The van der Waals surface area contributed by atoms with Gasteiger partial charge in [-0.2, -0.15) is 0 Å². The molecule has 0 amide bonds. The molecular formula is C8H18Cl2N2O. The lowest BCUT2D eigenvalue weighted by Gasteiger charge is -2.45. The summed E-state index contributed by atoms with van der Waals surface area (Å²) in [6.45, 7) is 1.75. The molecule has 0 aliphatic carbocycles. The molecule has 2 bridgehead atoms. The smallest absolute Gasteiger partial charge is 0.0623 e. The van der Waals surface area contributed by atoms with E-state index in [2.05, 4.69) is 11.9 Å². The molecule has 2 rings (SSSR count). The maximum Gasteiger partial charge on any atom is 0.0623 e. The highest BCUT2D eigenvalue weighted by molar-refractivity contribution is 5.85. The summed E-state index contributed by atoms with van der Waals surface area (Å²) in [5.74, 6) is 0. The molecule has 5 heteroatoms. The van der Waals surface area contributed by atoms with Crippen LogP contribution in [-0.2, 0) is 4.74 Å². The molecule has 2 saturated heterocycles. The third kappa shape index (κ3) is 2.70. The molecule has 2 heterocycles. The van der Waals surface area contributed by atoms with Crippen molar-refractivity contribution in [3.63, 3.8) is 0 Å². The molecule has 2 atom stereocenters. The third-order valence-electron chi connectivity index (χ3n) is 2.92. The van der Waals surface area contributed by atoms with E-state index in [-0.39, 0.29) is 24.8 Å². The van der Waals surface area contributed by atoms with Crippen LogP contribution in [0.25, 0.3) is 0 Å². The van der Waals surface area contributed by atoms with Gasteiger partial charge in [0.05, 0.1) is 13.2 Å². The van der Waals surface area contributed by atoms with Gasteiger partial charge in [0.25, 0.3) is 0 Å². The van der Waals surface area contributed by atoms with Crippen molar-refractivity contribution < 1.29 is 4.74 Å². The maximum atomic E-state index is 5.90. The average Bonchev–Trinajstić information content (AvgIpc) is 1.92. The molecule has 0 radical (unpaired) electrons. The average molecular weight is 229 g/mol. The summed E-state index contributed by atoms with van der Waals surface area (Å²) < 4.78 is 5.46. The standard InChI is InChI=1S/C8H16N2O.2ClH/c1-10-7-2-6(9)3-8(10)5-11-4-7;;/h6-8H,2-5,9H2,1H3;2*1H/t7-,8-;;/m1../s1. The number of nitrogens with two attached hydrogens (primary N) is 1. The van der Waals surface area contributed by atoms with Gasteiger partial charge in [0.2, 0.25) is 0 Å². The van der Waals surface area contributed by atoms with Crippen LogP contribution in [0.4, 0.5) is 0 Å². The van der Waals surface area contributed by atoms with Gasteiger partial charge in [0.15, 0.2) is 0 Å². The van der Waals surface area contributed by atoms with Crippen molar-refractivity contribution in [1.29, 1.82) is 0 Å². The predicted octanol–water partition coefficient (Wildman–Crippen LogP) is 0.650. The largest absolute Gasteiger partial charge is 0.378 e. The number of nitrogens with zero attached hydrogens (tertiary/aromatic N) is 1. The number of rotatable bonds is 0. The minimum Gasteiger partial charge on any atom is -0.378 e. The highest BCUT2D eigenvalue weighted by atomic mass is 35.5. The Labute approximate surface area is 91.8 Å². The number of piperidine rings is 1. The van der Waals surface area contributed by atoms with Crippen molar-refractivity contribution in [2.45, 2.75) is 31.0 Å². The molecule has 80 valence electrons. The van der Waals surface area contributed by atoms with Crippen molar-refractivity contribution in [2.75, 3.05) is 20.3 Å². The second-order valence-corrected chi connectivity index (χ2v) is 3.74. The van der Waals surface area contributed by atoms with Crippen molar-refractivity contribution in [3.8, 4) is 0 Å². The number of hydrogen-bond acceptors (Lipinski definition) is 3. The van der Waals surface area contributed by atoms with E-state index < -0.39 is 0 Å². The summed E-state index contributed by atoms with van der Waals surface area (Å²) in [5.41, 5.74) is 5.90. The van der Waals surface area contributed by atoms with Crippen molar-refractivity contribution >= 4 is 24.8 Å². The molecule has 0 aromatic heterocycles. The topological polar surface area (TPSA) is 38.5 Å². The Morgan fingerprint density at radius 3 is 2.08 bits per heavy atom. The molecule has 0 spiro atoms. The Hall–Kier alpha value is 0.460. The quantitative estimate of drug-likeness (QED) is 0.662. The van der Waals surface area contributed by atoms with E-state index in [1.54, 1.807) is 0 Å². The van der Waals surface area contributed by atoms with Gasteiger partial charge in [-0.15, -0.1) is 24.8 Å². The molecule has 0 unspecified atom stereocenters. The van der Waals surface area contributed by atoms with Crippen LogP contribution in [0.15, 0.2) is 0 Å². The molecule has 2 N–H and O–H groups in total. The van der Waals surface area contributed by atoms with Crippen LogP contribution >= 0.6 is 24.8 Å². The fourth-order valence-electron chi connectivity index (χ4n) is 2.14. The summed E-state index contributed by atoms with van der Waals surface area (Å²) in [6, 6.07) is 1.57. The van der Waals surface area contributed by atoms with Gasteiger partial charge in [0, 0.05) is 18.1 Å². The maximum absolute atomic E-state index is 5.90. The zero-order valence-corrected chi connectivity index (χ0v) is 9.44. The second-order valence-electron chi connectivity index (χ2n) is 3.74. The third-order valence-corrected chi connectivity index (χ3v) is 2.92. The van der Waals surface area contributed by atoms with E-state index in [1.807, 2.05) is 0 Å². The van der Waals surface area contributed by atoms with E-state index in [1.165, 1.54) is 0 Å². The normalized spacial score (nSPS) is 38.8. The molecule has 13 heavy (non-hydrogen) atoms. The van der Waals surface area contributed by atoms with Gasteiger partial charge in [-0.05, 0) is 19.9 Å². The van der Waals surface area contributed by atoms with E-state index in [0.717, 1.165) is 26.1 Å². The Morgan fingerprint density at radius 1 is 1.15 bits per heavy atom. The molecule has 0 aromatic carbocycles. The minimum absolute atomic E-state index is 0. The summed E-state index contributed by atoms with van der Waals surface area (Å²) in [4.78, 5) is 2.42. The number of morpholine rings is 1. The first kappa shape index (κ1) is 13.5. The highest BCUT2D eigenvalue weighted by Crippen LogP contribution is 2.24. The molecule has 0 saturated carbocycles. The lowest BCUT2D eigenvalue weighted by atomic mass is 9.91. The minimum atomic E-state index is 0. The zero-order chi connectivity index (χ0) is 7.84. The predicted molar refractivity (Wildman–Crippen MR) is 57.9 cm³/mol. The van der Waals surface area contributed by atoms with E-state index in [9.17, 15) is 0 Å². The van der Waals surface area contributed by atoms with Crippen LogP contribution < -0.4 is 5.73 Å². The Balaban J connectivity index is 0.000000720. The zero-order valence-electron chi connectivity index (χ0n) is 7.81. The van der Waals surface area contributed by atoms with Crippen LogP contribution in [0.3, 0.4) is 0 Å².